The van der Waals surface area contributed by atoms with Crippen LogP contribution in [0.25, 0.3) is 0 Å². The van der Waals surface area contributed by atoms with Crippen LogP contribution in [0.5, 0.6) is 0 Å². The molecular formula is C25H41F3O3. The van der Waals surface area contributed by atoms with Crippen LogP contribution in [-0.2, 0) is 26.8 Å². The average Bonchev–Trinajstić information content (AvgIpc) is 2.73. The molecule has 0 aliphatic rings. The molecule has 1 rings (SSSR count). The number of hydrogen-bond acceptors (Lipinski definition) is 3. The molecule has 1 aromatic rings. The summed E-state index contributed by atoms with van der Waals surface area (Å²) in [7, 11) is 3.21. The second-order valence-corrected chi connectivity index (χ2v) is 8.52. The van der Waals surface area contributed by atoms with Gasteiger partial charge in [-0.3, -0.25) is 0 Å². The predicted octanol–water partition coefficient (Wildman–Crippen LogP) is 7.77. The number of hydrogen-bond donors (Lipinski definition) is 0. The summed E-state index contributed by atoms with van der Waals surface area (Å²) in [4.78, 5) is 0. The molecule has 0 saturated heterocycles. The fourth-order valence-electron chi connectivity index (χ4n) is 4.02. The minimum atomic E-state index is -4.30. The standard InChI is InChI=1S/C25H41F3O3/c1-6-7-8-9-10-11-14-23(25(29-4,30-5)31-20(2)3)15-12-13-21-16-18-22(19-17-21)24(26,27)28/h16-20,23H,6-15H2,1-5H3. The monoisotopic (exact) mass is 446 g/mol. The lowest BCUT2D eigenvalue weighted by atomic mass is 9.91. The predicted molar refractivity (Wildman–Crippen MR) is 119 cm³/mol. The smallest absolute Gasteiger partial charge is 0.331 e. The van der Waals surface area contributed by atoms with Crippen molar-refractivity contribution in [2.24, 2.45) is 5.92 Å². The summed E-state index contributed by atoms with van der Waals surface area (Å²) in [5.74, 6) is -1.05. The molecule has 1 aromatic carbocycles. The molecular weight excluding hydrogens is 405 g/mol. The molecule has 0 radical (unpaired) electrons. The van der Waals surface area contributed by atoms with Crippen LogP contribution in [0.4, 0.5) is 13.2 Å². The third-order valence-electron chi connectivity index (χ3n) is 5.67. The minimum Gasteiger partial charge on any atom is -0.331 e. The van der Waals surface area contributed by atoms with E-state index in [2.05, 4.69) is 6.92 Å². The van der Waals surface area contributed by atoms with E-state index in [0.717, 1.165) is 43.4 Å². The molecule has 0 spiro atoms. The first-order chi connectivity index (χ1) is 14.7. The third kappa shape index (κ3) is 9.92. The van der Waals surface area contributed by atoms with Gasteiger partial charge in [0.2, 0.25) is 0 Å². The van der Waals surface area contributed by atoms with E-state index in [1.807, 2.05) is 13.8 Å². The van der Waals surface area contributed by atoms with Gasteiger partial charge in [-0.05, 0) is 57.2 Å². The highest BCUT2D eigenvalue weighted by Crippen LogP contribution is 2.35. The summed E-state index contributed by atoms with van der Waals surface area (Å²) in [5.41, 5.74) is 0.289. The van der Waals surface area contributed by atoms with Crippen molar-refractivity contribution in [1.29, 1.82) is 0 Å². The lowest BCUT2D eigenvalue weighted by Gasteiger charge is -2.39. The normalized spacial score (nSPS) is 13.7. The van der Waals surface area contributed by atoms with Crippen LogP contribution >= 0.6 is 0 Å². The molecule has 0 N–H and O–H groups in total. The highest BCUT2D eigenvalue weighted by atomic mass is 19.4. The van der Waals surface area contributed by atoms with Crippen molar-refractivity contribution in [3.05, 3.63) is 35.4 Å². The molecule has 0 saturated carbocycles. The van der Waals surface area contributed by atoms with Crippen molar-refractivity contribution in [2.75, 3.05) is 14.2 Å². The van der Waals surface area contributed by atoms with Gasteiger partial charge in [0.25, 0.3) is 5.97 Å². The average molecular weight is 447 g/mol. The largest absolute Gasteiger partial charge is 0.416 e. The van der Waals surface area contributed by atoms with Crippen LogP contribution in [0.2, 0.25) is 0 Å². The number of methoxy groups -OCH3 is 2. The molecule has 1 atom stereocenters. The van der Waals surface area contributed by atoms with Crippen molar-refractivity contribution in [3.63, 3.8) is 0 Å². The fourth-order valence-corrected chi connectivity index (χ4v) is 4.02. The van der Waals surface area contributed by atoms with Gasteiger partial charge in [0.05, 0.1) is 11.7 Å². The van der Waals surface area contributed by atoms with Crippen molar-refractivity contribution in [1.82, 2.24) is 0 Å². The Bertz CT molecular complexity index is 581. The van der Waals surface area contributed by atoms with Gasteiger partial charge in [-0.1, -0.05) is 57.6 Å². The maximum absolute atomic E-state index is 12.8. The Balaban J connectivity index is 2.73. The van der Waals surface area contributed by atoms with Crippen LogP contribution in [0.1, 0.15) is 89.7 Å². The van der Waals surface area contributed by atoms with E-state index in [1.54, 1.807) is 26.4 Å². The van der Waals surface area contributed by atoms with Crippen molar-refractivity contribution < 1.29 is 27.4 Å². The lowest BCUT2D eigenvalue weighted by molar-refractivity contribution is -0.399. The zero-order valence-corrected chi connectivity index (χ0v) is 19.9. The molecule has 1 unspecified atom stereocenters. The van der Waals surface area contributed by atoms with Gasteiger partial charge in [0, 0.05) is 20.1 Å². The number of rotatable bonds is 16. The Kier molecular flexibility index (Phi) is 12.7. The topological polar surface area (TPSA) is 27.7 Å². The van der Waals surface area contributed by atoms with E-state index in [0.29, 0.717) is 6.42 Å². The molecule has 0 bridgehead atoms. The highest BCUT2D eigenvalue weighted by molar-refractivity contribution is 5.24. The van der Waals surface area contributed by atoms with Crippen molar-refractivity contribution >= 4 is 0 Å². The van der Waals surface area contributed by atoms with Crippen LogP contribution in [0.3, 0.4) is 0 Å². The van der Waals surface area contributed by atoms with Gasteiger partial charge in [-0.2, -0.15) is 13.2 Å². The molecule has 0 aliphatic carbocycles. The van der Waals surface area contributed by atoms with Crippen LogP contribution < -0.4 is 0 Å². The van der Waals surface area contributed by atoms with Crippen LogP contribution in [0, 0.1) is 5.92 Å². The quantitative estimate of drug-likeness (QED) is 0.192. The van der Waals surface area contributed by atoms with E-state index in [1.165, 1.54) is 32.1 Å². The van der Waals surface area contributed by atoms with E-state index in [9.17, 15) is 13.2 Å². The second kappa shape index (κ2) is 14.1. The zero-order chi connectivity index (χ0) is 23.3. The lowest BCUT2D eigenvalue weighted by Crippen LogP contribution is -2.46. The first kappa shape index (κ1) is 27.9. The Morgan fingerprint density at radius 1 is 0.806 bits per heavy atom. The summed E-state index contributed by atoms with van der Waals surface area (Å²) < 4.78 is 55.9. The first-order valence-electron chi connectivity index (χ1n) is 11.6. The summed E-state index contributed by atoms with van der Waals surface area (Å²) in [6, 6.07) is 5.44. The minimum absolute atomic E-state index is 0.0468. The SMILES string of the molecule is CCCCCCCCC(CCCc1ccc(C(F)(F)F)cc1)C(OC)(OC)OC(C)C. The first-order valence-corrected chi connectivity index (χ1v) is 11.6. The van der Waals surface area contributed by atoms with Crippen LogP contribution in [-0.4, -0.2) is 26.3 Å². The van der Waals surface area contributed by atoms with Gasteiger partial charge in [0.1, 0.15) is 0 Å². The number of ether oxygens (including phenoxy) is 3. The van der Waals surface area contributed by atoms with E-state index in [4.69, 9.17) is 14.2 Å². The van der Waals surface area contributed by atoms with E-state index >= 15 is 0 Å². The molecule has 0 heterocycles. The van der Waals surface area contributed by atoms with Gasteiger partial charge in [-0.25, -0.2) is 0 Å². The number of unbranched alkanes of at least 4 members (excludes halogenated alkanes) is 5. The molecule has 180 valence electrons. The number of aryl methyl sites for hydroxylation is 1. The summed E-state index contributed by atoms with van der Waals surface area (Å²) in [6.45, 7) is 6.12. The molecule has 3 nitrogen and oxygen atoms in total. The molecule has 31 heavy (non-hydrogen) atoms. The summed E-state index contributed by atoms with van der Waals surface area (Å²) in [5, 5.41) is 0. The van der Waals surface area contributed by atoms with Crippen LogP contribution in [0.15, 0.2) is 24.3 Å². The number of benzene rings is 1. The van der Waals surface area contributed by atoms with Gasteiger partial charge in [-0.15, -0.1) is 0 Å². The zero-order valence-electron chi connectivity index (χ0n) is 19.9. The maximum Gasteiger partial charge on any atom is 0.416 e. The Hall–Kier alpha value is -1.11. The third-order valence-corrected chi connectivity index (χ3v) is 5.67. The Labute approximate surface area is 186 Å². The number of alkyl halides is 3. The van der Waals surface area contributed by atoms with E-state index < -0.39 is 17.7 Å². The molecule has 0 fully saturated rings. The number of halogens is 3. The van der Waals surface area contributed by atoms with Crippen molar-refractivity contribution in [2.45, 2.75) is 103 Å². The van der Waals surface area contributed by atoms with Gasteiger partial charge < -0.3 is 14.2 Å². The summed E-state index contributed by atoms with van der Waals surface area (Å²) >= 11 is 0. The van der Waals surface area contributed by atoms with Crippen molar-refractivity contribution in [3.8, 4) is 0 Å². The maximum atomic E-state index is 12.8. The molecule has 0 aliphatic heterocycles. The fraction of sp³-hybridized carbons (Fsp3) is 0.760. The van der Waals surface area contributed by atoms with Gasteiger partial charge in [0.15, 0.2) is 0 Å². The highest BCUT2D eigenvalue weighted by Gasteiger charge is 2.41. The molecule has 0 aromatic heterocycles. The Morgan fingerprint density at radius 3 is 1.87 bits per heavy atom. The molecule has 0 amide bonds. The van der Waals surface area contributed by atoms with E-state index in [-0.39, 0.29) is 12.0 Å². The second-order valence-electron chi connectivity index (χ2n) is 8.52. The summed E-state index contributed by atoms with van der Waals surface area (Å²) in [6.07, 6.45) is 6.13. The Morgan fingerprint density at radius 2 is 1.35 bits per heavy atom. The molecule has 6 heteroatoms. The van der Waals surface area contributed by atoms with Gasteiger partial charge >= 0.3 is 6.18 Å².